The summed E-state index contributed by atoms with van der Waals surface area (Å²) in [7, 11) is -3.21. The Morgan fingerprint density at radius 3 is 2.56 bits per heavy atom. The van der Waals surface area contributed by atoms with Gasteiger partial charge in [-0.1, -0.05) is 37.8 Å². The van der Waals surface area contributed by atoms with Crippen molar-refractivity contribution in [2.75, 3.05) is 0 Å². The largest absolute Gasteiger partial charge is 0.219 e. The van der Waals surface area contributed by atoms with Gasteiger partial charge >= 0.3 is 0 Å². The predicted octanol–water partition coefficient (Wildman–Crippen LogP) is 3.59. The van der Waals surface area contributed by atoms with Crippen LogP contribution in [-0.4, -0.2) is 8.42 Å². The number of fused-ring (bicyclic) bond motifs is 1. The highest BCUT2D eigenvalue weighted by molar-refractivity contribution is 7.95. The molecule has 1 saturated carbocycles. The molecule has 1 aromatic carbocycles. The molecule has 0 atom stereocenters. The molecule has 0 aromatic heterocycles. The van der Waals surface area contributed by atoms with Gasteiger partial charge in [-0.05, 0) is 42.0 Å². The minimum Gasteiger partial charge on any atom is -0.219 e. The third-order valence-corrected chi connectivity index (χ3v) is 5.54. The molecule has 1 aliphatic heterocycles. The lowest BCUT2D eigenvalue weighted by molar-refractivity contribution is 0.575. The SMILES string of the molecule is O=S1(=O)C=C(C2CCCCCC2)c2cc[c]cc21. The molecule has 0 N–H and O–H groups in total. The predicted molar refractivity (Wildman–Crippen MR) is 71.6 cm³/mol. The highest BCUT2D eigenvalue weighted by Gasteiger charge is 2.30. The molecule has 2 aliphatic rings. The smallest absolute Gasteiger partial charge is 0.200 e. The van der Waals surface area contributed by atoms with Crippen LogP contribution in [0.5, 0.6) is 0 Å². The van der Waals surface area contributed by atoms with Crippen molar-refractivity contribution in [3.63, 3.8) is 0 Å². The van der Waals surface area contributed by atoms with E-state index in [1.54, 1.807) is 6.07 Å². The van der Waals surface area contributed by atoms with Gasteiger partial charge in [0.1, 0.15) is 0 Å². The van der Waals surface area contributed by atoms with Crippen LogP contribution in [0.1, 0.15) is 44.1 Å². The van der Waals surface area contributed by atoms with Crippen LogP contribution in [-0.2, 0) is 9.84 Å². The Balaban J connectivity index is 2.03. The molecule has 0 spiro atoms. The molecule has 1 fully saturated rings. The summed E-state index contributed by atoms with van der Waals surface area (Å²) < 4.78 is 24.2. The quantitative estimate of drug-likeness (QED) is 0.724. The number of hydrogen-bond acceptors (Lipinski definition) is 2. The van der Waals surface area contributed by atoms with Gasteiger partial charge in [0.05, 0.1) is 4.90 Å². The van der Waals surface area contributed by atoms with Crippen LogP contribution in [0.3, 0.4) is 0 Å². The molecule has 3 heteroatoms. The fraction of sp³-hybridized carbons (Fsp3) is 0.467. The Morgan fingerprint density at radius 1 is 1.11 bits per heavy atom. The lowest BCUT2D eigenvalue weighted by atomic mass is 9.88. The number of benzene rings is 1. The van der Waals surface area contributed by atoms with Gasteiger partial charge in [0.15, 0.2) is 0 Å². The average Bonchev–Trinajstić information content (AvgIpc) is 2.58. The van der Waals surface area contributed by atoms with Crippen LogP contribution >= 0.6 is 0 Å². The maximum Gasteiger partial charge on any atom is 0.200 e. The topological polar surface area (TPSA) is 34.1 Å². The lowest BCUT2D eigenvalue weighted by Gasteiger charge is -2.15. The van der Waals surface area contributed by atoms with Crippen molar-refractivity contribution in [3.05, 3.63) is 35.2 Å². The van der Waals surface area contributed by atoms with E-state index in [0.29, 0.717) is 10.8 Å². The van der Waals surface area contributed by atoms with Gasteiger partial charge in [-0.25, -0.2) is 8.42 Å². The van der Waals surface area contributed by atoms with E-state index in [9.17, 15) is 8.42 Å². The first kappa shape index (κ1) is 12.0. The summed E-state index contributed by atoms with van der Waals surface area (Å²) in [5.41, 5.74) is 1.96. The Labute approximate surface area is 109 Å². The molecule has 1 radical (unpaired) electrons. The van der Waals surface area contributed by atoms with Crippen molar-refractivity contribution >= 4 is 15.4 Å². The van der Waals surface area contributed by atoms with Gasteiger partial charge in [0.25, 0.3) is 0 Å². The van der Waals surface area contributed by atoms with E-state index in [-0.39, 0.29) is 0 Å². The zero-order chi connectivity index (χ0) is 12.6. The zero-order valence-electron chi connectivity index (χ0n) is 10.4. The monoisotopic (exact) mass is 261 g/mol. The molecule has 0 saturated heterocycles. The second-order valence-electron chi connectivity index (χ2n) is 5.23. The fourth-order valence-corrected chi connectivity index (χ4v) is 4.60. The molecule has 2 nitrogen and oxygen atoms in total. The van der Waals surface area contributed by atoms with Gasteiger partial charge in [-0.2, -0.15) is 0 Å². The summed E-state index contributed by atoms with van der Waals surface area (Å²) >= 11 is 0. The summed E-state index contributed by atoms with van der Waals surface area (Å²) in [4.78, 5) is 0.448. The van der Waals surface area contributed by atoms with Crippen molar-refractivity contribution in [1.29, 1.82) is 0 Å². The van der Waals surface area contributed by atoms with Gasteiger partial charge in [0.2, 0.25) is 9.84 Å². The molecule has 3 rings (SSSR count). The molecule has 18 heavy (non-hydrogen) atoms. The van der Waals surface area contributed by atoms with E-state index in [1.807, 2.05) is 12.1 Å². The molecular formula is C15H17O2S. The van der Waals surface area contributed by atoms with E-state index < -0.39 is 9.84 Å². The van der Waals surface area contributed by atoms with Crippen molar-refractivity contribution in [3.8, 4) is 0 Å². The van der Waals surface area contributed by atoms with Gasteiger partial charge in [0, 0.05) is 5.41 Å². The first-order valence-electron chi connectivity index (χ1n) is 6.66. The highest BCUT2D eigenvalue weighted by atomic mass is 32.2. The highest BCUT2D eigenvalue weighted by Crippen LogP contribution is 2.42. The van der Waals surface area contributed by atoms with Crippen LogP contribution in [0.4, 0.5) is 0 Å². The normalized spacial score (nSPS) is 23.2. The lowest BCUT2D eigenvalue weighted by Crippen LogP contribution is -2.01. The standard InChI is InChI=1S/C15H17O2S/c16-18(17)11-14(12-7-3-1-2-4-8-12)13-9-5-6-10-15(13)18/h5,9-12H,1-4,7-8H2. The molecule has 0 unspecified atom stereocenters. The minimum atomic E-state index is -3.21. The van der Waals surface area contributed by atoms with Crippen molar-refractivity contribution in [2.45, 2.75) is 43.4 Å². The molecule has 1 aromatic rings. The first-order valence-corrected chi connectivity index (χ1v) is 8.20. The average molecular weight is 261 g/mol. The maximum atomic E-state index is 12.1. The van der Waals surface area contributed by atoms with Crippen LogP contribution in [0.15, 0.2) is 28.5 Å². The van der Waals surface area contributed by atoms with Crippen LogP contribution in [0, 0.1) is 12.0 Å². The third-order valence-electron chi connectivity index (χ3n) is 4.02. The molecule has 95 valence electrons. The van der Waals surface area contributed by atoms with Gasteiger partial charge in [-0.15, -0.1) is 0 Å². The molecular weight excluding hydrogens is 244 g/mol. The summed E-state index contributed by atoms with van der Waals surface area (Å²) in [5.74, 6) is 0.422. The van der Waals surface area contributed by atoms with Crippen LogP contribution in [0.25, 0.3) is 5.57 Å². The van der Waals surface area contributed by atoms with E-state index in [4.69, 9.17) is 0 Å². The summed E-state index contributed by atoms with van der Waals surface area (Å²) in [6, 6.07) is 8.18. The second-order valence-corrected chi connectivity index (χ2v) is 6.99. The molecule has 0 bridgehead atoms. The van der Waals surface area contributed by atoms with E-state index in [2.05, 4.69) is 6.07 Å². The van der Waals surface area contributed by atoms with Crippen molar-refractivity contribution in [2.24, 2.45) is 5.92 Å². The van der Waals surface area contributed by atoms with E-state index in [1.165, 1.54) is 31.1 Å². The number of hydrogen-bond donors (Lipinski definition) is 0. The van der Waals surface area contributed by atoms with E-state index >= 15 is 0 Å². The van der Waals surface area contributed by atoms with E-state index in [0.717, 1.165) is 24.0 Å². The molecule has 0 amide bonds. The summed E-state index contributed by atoms with van der Waals surface area (Å²) in [6.07, 6.45) is 7.25. The Bertz CT molecular complexity index is 576. The number of allylic oxidation sites excluding steroid dienone is 1. The summed E-state index contributed by atoms with van der Waals surface area (Å²) in [5, 5.41) is 1.50. The third kappa shape index (κ3) is 2.01. The zero-order valence-corrected chi connectivity index (χ0v) is 11.2. The Kier molecular flexibility index (Phi) is 3.02. The van der Waals surface area contributed by atoms with Crippen LogP contribution < -0.4 is 0 Å². The number of sulfone groups is 1. The Morgan fingerprint density at radius 2 is 1.83 bits per heavy atom. The van der Waals surface area contributed by atoms with Crippen molar-refractivity contribution < 1.29 is 8.42 Å². The second kappa shape index (κ2) is 4.54. The van der Waals surface area contributed by atoms with Gasteiger partial charge in [-0.3, -0.25) is 0 Å². The number of rotatable bonds is 1. The molecule has 1 heterocycles. The Hall–Kier alpha value is -1.09. The summed E-state index contributed by atoms with van der Waals surface area (Å²) in [6.45, 7) is 0. The fourth-order valence-electron chi connectivity index (χ4n) is 3.09. The van der Waals surface area contributed by atoms with Crippen LogP contribution in [0.2, 0.25) is 0 Å². The van der Waals surface area contributed by atoms with Gasteiger partial charge < -0.3 is 0 Å². The maximum absolute atomic E-state index is 12.1. The minimum absolute atomic E-state index is 0.422. The first-order chi connectivity index (χ1) is 8.68. The van der Waals surface area contributed by atoms with Crippen molar-refractivity contribution in [1.82, 2.24) is 0 Å². The molecule has 1 aliphatic carbocycles.